The molecule has 0 N–H and O–H groups in total. The number of halogens is 5. The van der Waals surface area contributed by atoms with Gasteiger partial charge in [-0.25, -0.2) is 0 Å². The van der Waals surface area contributed by atoms with Crippen molar-refractivity contribution in [2.45, 2.75) is 0 Å². The molecule has 0 nitrogen and oxygen atoms in total. The summed E-state index contributed by atoms with van der Waals surface area (Å²) in [6, 6.07) is 0. The second-order valence-corrected chi connectivity index (χ2v) is 50.3. The number of hydrogen-bond donors (Lipinski definition) is 0. The molecule has 0 aliphatic heterocycles. The van der Waals surface area contributed by atoms with Crippen molar-refractivity contribution in [3.05, 3.63) is 0 Å². The van der Waals surface area contributed by atoms with Gasteiger partial charge in [0.2, 0.25) is 5.73 Å². The molecule has 0 saturated carbocycles. The van der Waals surface area contributed by atoms with Crippen molar-refractivity contribution in [2.75, 3.05) is 0 Å². The Kier molecular flexibility index (Phi) is 4.80. The Morgan fingerprint density at radius 2 is 1.33 bits per heavy atom. The molecule has 0 amide bonds. The van der Waals surface area contributed by atoms with Crippen LogP contribution in [-0.2, 0) is 0 Å². The molecule has 0 heterocycles. The molecule has 0 bridgehead atoms. The first kappa shape index (κ1) is 11.3. The van der Waals surface area contributed by atoms with Gasteiger partial charge in [-0.2, -0.15) is 22.2 Å². The van der Waals surface area contributed by atoms with Crippen molar-refractivity contribution in [2.24, 2.45) is 0 Å². The van der Waals surface area contributed by atoms with Crippen LogP contribution < -0.4 is 0 Å². The van der Waals surface area contributed by atoms with Gasteiger partial charge >= 0.3 is 5.52 Å². The van der Waals surface area contributed by atoms with Gasteiger partial charge in [0.05, 0.1) is 8.55 Å². The van der Waals surface area contributed by atoms with E-state index in [4.69, 9.17) is 55.4 Å². The lowest BCUT2D eigenvalue weighted by atomic mass is 26.3. The Labute approximate surface area is 84.3 Å². The average molecular weight is 295 g/mol. The predicted octanol–water partition coefficient (Wildman–Crippen LogP) is 0.586. The lowest BCUT2D eigenvalue weighted by molar-refractivity contribution is 3.54. The van der Waals surface area contributed by atoms with Crippen LogP contribution in [0.5, 0.6) is 0 Å². The van der Waals surface area contributed by atoms with Gasteiger partial charge in [0, 0.05) is 9.76 Å². The molecule has 0 aromatic carbocycles. The topological polar surface area (TPSA) is 0 Å². The Morgan fingerprint density at radius 1 is 1.00 bits per heavy atom. The minimum atomic E-state index is -2.40. The fraction of sp³-hybridized carbons (Fsp3) is 0. The quantitative estimate of drug-likeness (QED) is 0.516. The summed E-state index contributed by atoms with van der Waals surface area (Å²) in [5, 5.41) is 0. The maximum absolute atomic E-state index is 5.83. The zero-order valence-corrected chi connectivity index (χ0v) is 13.8. The van der Waals surface area contributed by atoms with Crippen LogP contribution in [0.25, 0.3) is 0 Å². The smallest absolute Gasteiger partial charge is 0.155 e. The third-order valence-electron chi connectivity index (χ3n) is 0.511. The molecular weight excluding hydrogens is 290 g/mol. The Balaban J connectivity index is 3.75. The first-order valence-electron chi connectivity index (χ1n) is 2.15. The van der Waals surface area contributed by atoms with Gasteiger partial charge in [-0.3, -0.25) is 0 Å². The monoisotopic (exact) mass is 292 g/mol. The van der Waals surface area contributed by atoms with E-state index in [1.54, 1.807) is 0 Å². The molecule has 0 aliphatic carbocycles. The van der Waals surface area contributed by atoms with Gasteiger partial charge in [-0.1, -0.05) is 0 Å². The van der Waals surface area contributed by atoms with Gasteiger partial charge in [0.25, 0.3) is 0 Å². The van der Waals surface area contributed by atoms with Crippen LogP contribution in [-0.4, -0.2) is 29.6 Å². The van der Waals surface area contributed by atoms with Crippen LogP contribution in [0, 0.1) is 0 Å². The molecule has 0 aromatic rings. The molecule has 9 heteroatoms. The summed E-state index contributed by atoms with van der Waals surface area (Å²) in [6.07, 6.45) is 0. The van der Waals surface area contributed by atoms with E-state index in [0.717, 1.165) is 9.76 Å². The molecule has 0 radical (unpaired) electrons. The minimum Gasteiger partial charge on any atom is -0.155 e. The molecule has 0 fully saturated rings. The van der Waals surface area contributed by atoms with E-state index < -0.39 is 19.8 Å². The van der Waals surface area contributed by atoms with Gasteiger partial charge in [0.1, 0.15) is 0 Å². The number of rotatable bonds is 2. The van der Waals surface area contributed by atoms with Crippen LogP contribution in [0.4, 0.5) is 0 Å². The van der Waals surface area contributed by atoms with Crippen LogP contribution in [0.1, 0.15) is 0 Å². The van der Waals surface area contributed by atoms with E-state index >= 15 is 0 Å². The second-order valence-electron chi connectivity index (χ2n) is 1.86. The molecule has 0 aliphatic rings. The Bertz CT molecular complexity index is 74.1. The highest BCUT2D eigenvalue weighted by atomic mass is 35.8. The van der Waals surface area contributed by atoms with Crippen LogP contribution in [0.2, 0.25) is 0 Å². The standard InChI is InChI=1S/Cl5H5Si4/c1-8(2,3)7-9(4,5)6/h7H2,6H3. The average Bonchev–Trinajstić information content (AvgIpc) is 1.14. The molecule has 0 aromatic heterocycles. The maximum atomic E-state index is 5.83. The Morgan fingerprint density at radius 3 is 1.33 bits per heavy atom. The SMILES string of the molecule is [SiH3][Si](Cl)(Cl)[SiH2][Si](Cl)(Cl)Cl. The summed E-state index contributed by atoms with van der Waals surface area (Å²) in [6.45, 7) is 0. The number of hydrogen-bond acceptors (Lipinski definition) is 0. The van der Waals surface area contributed by atoms with Crippen molar-refractivity contribution < 1.29 is 0 Å². The van der Waals surface area contributed by atoms with Crippen molar-refractivity contribution in [3.8, 4) is 0 Å². The van der Waals surface area contributed by atoms with Crippen molar-refractivity contribution in [3.63, 3.8) is 0 Å². The minimum absolute atomic E-state index is 0.745. The van der Waals surface area contributed by atoms with Crippen LogP contribution in [0.15, 0.2) is 0 Å². The summed E-state index contributed by atoms with van der Waals surface area (Å²) >= 11 is 28.6. The van der Waals surface area contributed by atoms with E-state index in [1.165, 1.54) is 0 Å². The van der Waals surface area contributed by atoms with E-state index in [2.05, 4.69) is 0 Å². The van der Waals surface area contributed by atoms with Gasteiger partial charge in [-0.05, 0) is 0 Å². The van der Waals surface area contributed by atoms with Crippen LogP contribution in [0.3, 0.4) is 0 Å². The molecule has 0 spiro atoms. The third-order valence-corrected chi connectivity index (χ3v) is 41.4. The Hall–Kier alpha value is 2.32. The second kappa shape index (κ2) is 3.82. The summed E-state index contributed by atoms with van der Waals surface area (Å²) < 4.78 is 0. The van der Waals surface area contributed by atoms with Gasteiger partial charge < -0.3 is 0 Å². The summed E-state index contributed by atoms with van der Waals surface area (Å²) in [4.78, 5) is 0. The third kappa shape index (κ3) is 10.3. The highest BCUT2D eigenvalue weighted by Crippen LogP contribution is 2.23. The normalized spacial score (nSPS) is 15.7. The molecular formula is H5Cl5Si4. The van der Waals surface area contributed by atoms with Gasteiger partial charge in [-0.15, -0.1) is 33.2 Å². The molecule has 0 rings (SSSR count). The molecule has 56 valence electrons. The fourth-order valence-corrected chi connectivity index (χ4v) is 85.5. The first-order chi connectivity index (χ1) is 3.71. The maximum Gasteiger partial charge on any atom is 0.317 e. The molecule has 9 heavy (non-hydrogen) atoms. The first-order valence-corrected chi connectivity index (χ1v) is 19.4. The lowest BCUT2D eigenvalue weighted by Gasteiger charge is -2.12. The zero-order chi connectivity index (χ0) is 7.71. The van der Waals surface area contributed by atoms with E-state index in [1.807, 2.05) is 0 Å². The fourth-order valence-electron chi connectivity index (χ4n) is 0.352. The van der Waals surface area contributed by atoms with E-state index in [-0.39, 0.29) is 0 Å². The summed E-state index contributed by atoms with van der Waals surface area (Å²) in [5.41, 5.74) is -4.31. The van der Waals surface area contributed by atoms with Crippen molar-refractivity contribution >= 4 is 85.0 Å². The highest BCUT2D eigenvalue weighted by molar-refractivity contribution is 8.02. The summed E-state index contributed by atoms with van der Waals surface area (Å²) in [5.74, 6) is 0. The largest absolute Gasteiger partial charge is 0.317 e. The molecule has 0 saturated heterocycles. The molecule has 0 atom stereocenters. The highest BCUT2D eigenvalue weighted by Gasteiger charge is 2.37. The van der Waals surface area contributed by atoms with Crippen molar-refractivity contribution in [1.29, 1.82) is 0 Å². The van der Waals surface area contributed by atoms with Gasteiger partial charge in [0.15, 0.2) is 0 Å². The van der Waals surface area contributed by atoms with Crippen molar-refractivity contribution in [1.82, 2.24) is 0 Å². The van der Waals surface area contributed by atoms with E-state index in [9.17, 15) is 0 Å². The van der Waals surface area contributed by atoms with Crippen LogP contribution >= 0.6 is 55.4 Å². The summed E-state index contributed by atoms with van der Waals surface area (Å²) in [7, 11) is 0.0764. The van der Waals surface area contributed by atoms with E-state index in [0.29, 0.717) is 0 Å². The zero-order valence-electron chi connectivity index (χ0n) is 4.60. The lowest BCUT2D eigenvalue weighted by Crippen LogP contribution is -2.42. The molecule has 0 unspecified atom stereocenters. The predicted molar refractivity (Wildman–Crippen MR) is 59.3 cm³/mol.